The SMILES string of the molecule is CC(C)CC1(CNC(=O)NC(CCO)C(=O)O)CCCC1. The van der Waals surface area contributed by atoms with Crippen molar-refractivity contribution in [3.63, 3.8) is 0 Å². The predicted octanol–water partition coefficient (Wildman–Crippen LogP) is 1.73. The molecule has 0 aromatic rings. The van der Waals surface area contributed by atoms with Crippen LogP contribution in [-0.2, 0) is 4.79 Å². The largest absolute Gasteiger partial charge is 0.480 e. The fraction of sp³-hybridized carbons (Fsp3) is 0.867. The number of nitrogens with one attached hydrogen (secondary N) is 2. The van der Waals surface area contributed by atoms with E-state index < -0.39 is 18.0 Å². The third-order valence-corrected chi connectivity index (χ3v) is 4.15. The molecule has 0 aliphatic heterocycles. The lowest BCUT2D eigenvalue weighted by atomic mass is 9.78. The van der Waals surface area contributed by atoms with Crippen molar-refractivity contribution >= 4 is 12.0 Å². The Bertz CT molecular complexity index is 352. The number of rotatable bonds is 8. The first-order chi connectivity index (χ1) is 9.88. The maximum absolute atomic E-state index is 11.9. The summed E-state index contributed by atoms with van der Waals surface area (Å²) < 4.78 is 0. The molecular formula is C15H28N2O4. The Balaban J connectivity index is 2.48. The van der Waals surface area contributed by atoms with Crippen LogP contribution in [0.4, 0.5) is 4.79 Å². The van der Waals surface area contributed by atoms with Gasteiger partial charge in [-0.2, -0.15) is 0 Å². The summed E-state index contributed by atoms with van der Waals surface area (Å²) in [4.78, 5) is 22.8. The van der Waals surface area contributed by atoms with E-state index in [2.05, 4.69) is 24.5 Å². The Kier molecular flexibility index (Phi) is 6.95. The molecule has 0 spiro atoms. The first kappa shape index (κ1) is 17.8. The van der Waals surface area contributed by atoms with Crippen LogP contribution in [0.15, 0.2) is 0 Å². The van der Waals surface area contributed by atoms with E-state index in [0.717, 1.165) is 19.3 Å². The van der Waals surface area contributed by atoms with Crippen LogP contribution in [0.2, 0.25) is 0 Å². The van der Waals surface area contributed by atoms with E-state index in [-0.39, 0.29) is 18.4 Å². The first-order valence-electron chi connectivity index (χ1n) is 7.76. The van der Waals surface area contributed by atoms with Crippen molar-refractivity contribution in [2.24, 2.45) is 11.3 Å². The number of aliphatic hydroxyl groups excluding tert-OH is 1. The van der Waals surface area contributed by atoms with Gasteiger partial charge < -0.3 is 20.8 Å². The molecule has 0 saturated heterocycles. The zero-order valence-electron chi connectivity index (χ0n) is 13.0. The number of hydrogen-bond acceptors (Lipinski definition) is 3. The summed E-state index contributed by atoms with van der Waals surface area (Å²) in [5.41, 5.74) is 0.154. The molecule has 1 fully saturated rings. The second-order valence-corrected chi connectivity index (χ2v) is 6.54. The predicted molar refractivity (Wildman–Crippen MR) is 80.0 cm³/mol. The smallest absolute Gasteiger partial charge is 0.326 e. The second-order valence-electron chi connectivity index (χ2n) is 6.54. The van der Waals surface area contributed by atoms with E-state index >= 15 is 0 Å². The lowest BCUT2D eigenvalue weighted by molar-refractivity contribution is -0.139. The van der Waals surface area contributed by atoms with Gasteiger partial charge in [0.25, 0.3) is 0 Å². The van der Waals surface area contributed by atoms with Crippen LogP contribution in [0.3, 0.4) is 0 Å². The highest BCUT2D eigenvalue weighted by molar-refractivity contribution is 5.82. The van der Waals surface area contributed by atoms with Crippen LogP contribution in [0, 0.1) is 11.3 Å². The van der Waals surface area contributed by atoms with Gasteiger partial charge in [-0.15, -0.1) is 0 Å². The summed E-state index contributed by atoms with van der Waals surface area (Å²) in [6.07, 6.45) is 5.71. The highest BCUT2D eigenvalue weighted by Gasteiger charge is 2.34. The van der Waals surface area contributed by atoms with E-state index in [9.17, 15) is 9.59 Å². The van der Waals surface area contributed by atoms with E-state index in [0.29, 0.717) is 12.5 Å². The molecule has 0 aromatic carbocycles. The van der Waals surface area contributed by atoms with Gasteiger partial charge >= 0.3 is 12.0 Å². The summed E-state index contributed by atoms with van der Waals surface area (Å²) >= 11 is 0. The molecule has 1 unspecified atom stereocenters. The molecule has 0 radical (unpaired) electrons. The van der Waals surface area contributed by atoms with Gasteiger partial charge in [-0.25, -0.2) is 9.59 Å². The quantitative estimate of drug-likeness (QED) is 0.548. The molecule has 2 amide bonds. The van der Waals surface area contributed by atoms with Crippen LogP contribution < -0.4 is 10.6 Å². The average Bonchev–Trinajstić information content (AvgIpc) is 2.84. The van der Waals surface area contributed by atoms with Crippen LogP contribution in [0.25, 0.3) is 0 Å². The number of urea groups is 1. The van der Waals surface area contributed by atoms with Gasteiger partial charge in [0.2, 0.25) is 0 Å². The molecule has 1 aliphatic carbocycles. The standard InChI is InChI=1S/C15H28N2O4/c1-11(2)9-15(6-3-4-7-15)10-16-14(21)17-12(5-8-18)13(19)20/h11-12,18H,3-10H2,1-2H3,(H,19,20)(H2,16,17,21). The van der Waals surface area contributed by atoms with Crippen molar-refractivity contribution in [3.05, 3.63) is 0 Å². The normalized spacial score (nSPS) is 18.5. The third-order valence-electron chi connectivity index (χ3n) is 4.15. The number of aliphatic carboxylic acids is 1. The Labute approximate surface area is 126 Å². The minimum Gasteiger partial charge on any atom is -0.480 e. The molecular weight excluding hydrogens is 272 g/mol. The van der Waals surface area contributed by atoms with Gasteiger partial charge in [0.1, 0.15) is 6.04 Å². The molecule has 0 aromatic heterocycles. The van der Waals surface area contributed by atoms with Gasteiger partial charge in [0.15, 0.2) is 0 Å². The molecule has 4 N–H and O–H groups in total. The Hall–Kier alpha value is -1.30. The fourth-order valence-electron chi connectivity index (χ4n) is 3.31. The molecule has 1 rings (SSSR count). The van der Waals surface area contributed by atoms with Crippen molar-refractivity contribution in [2.75, 3.05) is 13.2 Å². The molecule has 21 heavy (non-hydrogen) atoms. The molecule has 6 nitrogen and oxygen atoms in total. The molecule has 1 saturated carbocycles. The molecule has 1 aliphatic rings. The average molecular weight is 300 g/mol. The number of amides is 2. The zero-order chi connectivity index (χ0) is 15.9. The minimum absolute atomic E-state index is 0.0138. The first-order valence-corrected chi connectivity index (χ1v) is 7.76. The van der Waals surface area contributed by atoms with Crippen molar-refractivity contribution in [2.45, 2.75) is 58.4 Å². The monoisotopic (exact) mass is 300 g/mol. The molecule has 1 atom stereocenters. The highest BCUT2D eigenvalue weighted by Crippen LogP contribution is 2.42. The van der Waals surface area contributed by atoms with Crippen LogP contribution in [-0.4, -0.2) is 41.4 Å². The topological polar surface area (TPSA) is 98.7 Å². The number of carbonyl (C=O) groups excluding carboxylic acids is 1. The van der Waals surface area contributed by atoms with E-state index in [1.807, 2.05) is 0 Å². The molecule has 6 heteroatoms. The summed E-state index contributed by atoms with van der Waals surface area (Å²) in [5.74, 6) is -0.550. The van der Waals surface area contributed by atoms with Crippen molar-refractivity contribution in [1.82, 2.24) is 10.6 Å². The number of carbonyl (C=O) groups is 2. The van der Waals surface area contributed by atoms with E-state index in [1.54, 1.807) is 0 Å². The van der Waals surface area contributed by atoms with Crippen LogP contribution >= 0.6 is 0 Å². The Morgan fingerprint density at radius 2 is 1.86 bits per heavy atom. The highest BCUT2D eigenvalue weighted by atomic mass is 16.4. The van der Waals surface area contributed by atoms with Gasteiger partial charge in [-0.1, -0.05) is 26.7 Å². The summed E-state index contributed by atoms with van der Waals surface area (Å²) in [7, 11) is 0. The molecule has 0 heterocycles. The van der Waals surface area contributed by atoms with Crippen LogP contribution in [0.5, 0.6) is 0 Å². The van der Waals surface area contributed by atoms with Crippen molar-refractivity contribution in [3.8, 4) is 0 Å². The molecule has 122 valence electrons. The number of aliphatic hydroxyl groups is 1. The minimum atomic E-state index is -1.13. The summed E-state index contributed by atoms with van der Waals surface area (Å²) in [6.45, 7) is 4.68. The lowest BCUT2D eigenvalue weighted by Gasteiger charge is -2.31. The Morgan fingerprint density at radius 3 is 2.33 bits per heavy atom. The third kappa shape index (κ3) is 5.91. The van der Waals surface area contributed by atoms with Crippen molar-refractivity contribution < 1.29 is 19.8 Å². The van der Waals surface area contributed by atoms with E-state index in [1.165, 1.54) is 12.8 Å². The van der Waals surface area contributed by atoms with Gasteiger partial charge in [0, 0.05) is 19.6 Å². The zero-order valence-corrected chi connectivity index (χ0v) is 13.0. The van der Waals surface area contributed by atoms with Gasteiger partial charge in [0.05, 0.1) is 0 Å². The maximum atomic E-state index is 11.9. The van der Waals surface area contributed by atoms with E-state index in [4.69, 9.17) is 10.2 Å². The number of carboxylic acids is 1. The van der Waals surface area contributed by atoms with Gasteiger partial charge in [-0.3, -0.25) is 0 Å². The summed E-state index contributed by atoms with van der Waals surface area (Å²) in [6, 6.07) is -1.51. The van der Waals surface area contributed by atoms with Crippen LogP contribution in [0.1, 0.15) is 52.4 Å². The lowest BCUT2D eigenvalue weighted by Crippen LogP contribution is -2.48. The summed E-state index contributed by atoms with van der Waals surface area (Å²) in [5, 5.41) is 23.0. The number of carboxylic acid groups (broad SMARTS) is 1. The van der Waals surface area contributed by atoms with Crippen molar-refractivity contribution in [1.29, 1.82) is 0 Å². The maximum Gasteiger partial charge on any atom is 0.326 e. The molecule has 0 bridgehead atoms. The fourth-order valence-corrected chi connectivity index (χ4v) is 3.31. The second kappa shape index (κ2) is 8.22. The number of hydrogen-bond donors (Lipinski definition) is 4. The Morgan fingerprint density at radius 1 is 1.24 bits per heavy atom. The van der Waals surface area contributed by atoms with Gasteiger partial charge in [-0.05, 0) is 30.6 Å².